The molecule has 0 spiro atoms. The molecule has 0 amide bonds. The Bertz CT molecular complexity index is 1160. The van der Waals surface area contributed by atoms with Crippen molar-refractivity contribution in [3.63, 3.8) is 0 Å². The molecule has 0 saturated heterocycles. The zero-order valence-electron chi connectivity index (χ0n) is 34.4. The van der Waals surface area contributed by atoms with Crippen LogP contribution in [0, 0.1) is 28.6 Å². The molecule has 0 unspecified atom stereocenters. The Kier molecular flexibility index (Phi) is 22.4. The Morgan fingerprint density at radius 3 is 1.51 bits per heavy atom. The lowest BCUT2D eigenvalue weighted by Gasteiger charge is -2.57. The molecule has 2 N–H and O–H groups in total. The Hall–Kier alpha value is -2.12. The van der Waals surface area contributed by atoms with Gasteiger partial charge in [0.2, 0.25) is 0 Å². The minimum absolute atomic E-state index is 0.00214. The van der Waals surface area contributed by atoms with Crippen molar-refractivity contribution in [1.82, 2.24) is 0 Å². The van der Waals surface area contributed by atoms with E-state index in [1.807, 2.05) is 0 Å². The summed E-state index contributed by atoms with van der Waals surface area (Å²) in [4.78, 5) is 25.2. The summed E-state index contributed by atoms with van der Waals surface area (Å²) in [7, 11) is 0. The second-order valence-corrected chi connectivity index (χ2v) is 15.5. The SMILES string of the molecule is C[C@]12CC[C@H]3[C@@H](CC=C4C[C@@H](OC(=O)OCCOCCOCCOCCOCCO)CC[C@@]43C)[C@@H]1CC[C@@H]2OC(=O)OCCOCCOCCOCCOCCO. The first kappa shape index (κ1) is 47.6. The van der Waals surface area contributed by atoms with Gasteiger partial charge in [0.25, 0.3) is 0 Å². The molecule has 4 aliphatic rings. The Morgan fingerprint density at radius 1 is 0.561 bits per heavy atom. The van der Waals surface area contributed by atoms with Crippen molar-refractivity contribution in [2.24, 2.45) is 28.6 Å². The first-order chi connectivity index (χ1) is 27.8. The number of aliphatic hydroxyl groups is 2. The van der Waals surface area contributed by atoms with Crippen molar-refractivity contribution in [1.29, 1.82) is 0 Å². The predicted octanol–water partition coefficient (Wildman–Crippen LogP) is 4.11. The third kappa shape index (κ3) is 15.8. The standard InChI is InChI=1S/C41H70O16/c1-40-9-7-33(56-38(44)54-29-27-52-25-23-50-21-19-48-17-15-46-13-11-42)31-32(40)3-4-34-35-5-6-37(41(35,2)10-8-36(34)40)57-39(45)55-30-28-53-26-24-51-22-20-49-18-16-47-14-12-43/h3,33-37,42-43H,4-31H2,1-2H3/t33-,34-,35-,36-,37-,40-,41-/m0/s1. The molecule has 57 heavy (non-hydrogen) atoms. The summed E-state index contributed by atoms with van der Waals surface area (Å²) in [6.07, 6.45) is 8.20. The number of ether oxygens (including phenoxy) is 12. The summed E-state index contributed by atoms with van der Waals surface area (Å²) < 4.78 is 65.3. The molecule has 330 valence electrons. The molecule has 0 aromatic heterocycles. The number of fused-ring (bicyclic) bond motifs is 5. The van der Waals surface area contributed by atoms with Gasteiger partial charge in [-0.25, -0.2) is 9.59 Å². The second kappa shape index (κ2) is 26.9. The van der Waals surface area contributed by atoms with E-state index in [0.29, 0.717) is 110 Å². The lowest BCUT2D eigenvalue weighted by molar-refractivity contribution is -0.0878. The molecule has 0 radical (unpaired) electrons. The number of carbonyl (C=O) groups excluding carboxylic acids is 2. The van der Waals surface area contributed by atoms with Crippen LogP contribution in [0.15, 0.2) is 11.6 Å². The van der Waals surface area contributed by atoms with Crippen LogP contribution in [-0.2, 0) is 56.8 Å². The molecular formula is C41H70O16. The highest BCUT2D eigenvalue weighted by molar-refractivity contribution is 5.60. The summed E-state index contributed by atoms with van der Waals surface area (Å²) in [5.74, 6) is 1.54. The summed E-state index contributed by atoms with van der Waals surface area (Å²) in [6, 6.07) is 0. The van der Waals surface area contributed by atoms with Crippen LogP contribution in [0.1, 0.15) is 65.2 Å². The Labute approximate surface area is 338 Å². The van der Waals surface area contributed by atoms with E-state index in [4.69, 9.17) is 67.1 Å². The van der Waals surface area contributed by atoms with Crippen molar-refractivity contribution in [3.8, 4) is 0 Å². The largest absolute Gasteiger partial charge is 0.508 e. The molecule has 0 heterocycles. The average Bonchev–Trinajstić information content (AvgIpc) is 3.53. The van der Waals surface area contributed by atoms with E-state index < -0.39 is 12.3 Å². The highest BCUT2D eigenvalue weighted by Crippen LogP contribution is 2.65. The lowest BCUT2D eigenvalue weighted by atomic mass is 9.48. The highest BCUT2D eigenvalue weighted by atomic mass is 16.7. The molecule has 16 heteroatoms. The smallest absolute Gasteiger partial charge is 0.432 e. The van der Waals surface area contributed by atoms with Gasteiger partial charge in [0, 0.05) is 11.8 Å². The van der Waals surface area contributed by atoms with Crippen LogP contribution in [0.2, 0.25) is 0 Å². The number of carbonyl (C=O) groups is 2. The summed E-state index contributed by atoms with van der Waals surface area (Å²) >= 11 is 0. The van der Waals surface area contributed by atoms with E-state index in [9.17, 15) is 9.59 Å². The molecular weight excluding hydrogens is 748 g/mol. The van der Waals surface area contributed by atoms with Gasteiger partial charge < -0.3 is 67.1 Å². The van der Waals surface area contributed by atoms with Gasteiger partial charge in [0.05, 0.1) is 119 Å². The van der Waals surface area contributed by atoms with Crippen LogP contribution in [0.3, 0.4) is 0 Å². The van der Waals surface area contributed by atoms with Crippen LogP contribution >= 0.6 is 0 Å². The molecule has 16 nitrogen and oxygen atoms in total. The Balaban J connectivity index is 1.05. The molecule has 0 aromatic carbocycles. The zero-order valence-corrected chi connectivity index (χ0v) is 34.4. The molecule has 3 saturated carbocycles. The van der Waals surface area contributed by atoms with E-state index in [1.165, 1.54) is 5.57 Å². The topological polar surface area (TPSA) is 185 Å². The van der Waals surface area contributed by atoms with Gasteiger partial charge in [-0.05, 0) is 68.1 Å². The molecule has 4 rings (SSSR count). The molecule has 3 fully saturated rings. The van der Waals surface area contributed by atoms with Gasteiger partial charge in [-0.1, -0.05) is 25.5 Å². The normalized spacial score (nSPS) is 27.9. The first-order valence-corrected chi connectivity index (χ1v) is 21.0. The number of allylic oxidation sites excluding steroid dienone is 1. The van der Waals surface area contributed by atoms with Gasteiger partial charge in [-0.2, -0.15) is 0 Å². The second-order valence-electron chi connectivity index (χ2n) is 15.5. The van der Waals surface area contributed by atoms with Crippen molar-refractivity contribution in [2.75, 3.05) is 132 Å². The average molecular weight is 819 g/mol. The molecule has 0 bridgehead atoms. The fraction of sp³-hybridized carbons (Fsp3) is 0.902. The van der Waals surface area contributed by atoms with Crippen LogP contribution in [-0.4, -0.2) is 167 Å². The van der Waals surface area contributed by atoms with Gasteiger partial charge in [-0.3, -0.25) is 0 Å². The molecule has 0 aliphatic heterocycles. The van der Waals surface area contributed by atoms with E-state index in [2.05, 4.69) is 19.9 Å². The van der Waals surface area contributed by atoms with Gasteiger partial charge in [-0.15, -0.1) is 0 Å². The molecule has 0 aromatic rings. The van der Waals surface area contributed by atoms with E-state index in [-0.39, 0.29) is 62.7 Å². The quantitative estimate of drug-likeness (QED) is 0.0599. The van der Waals surface area contributed by atoms with Gasteiger partial charge >= 0.3 is 12.3 Å². The van der Waals surface area contributed by atoms with Crippen molar-refractivity contribution in [2.45, 2.75) is 77.4 Å². The number of hydrogen-bond acceptors (Lipinski definition) is 16. The third-order valence-electron chi connectivity index (χ3n) is 12.1. The molecule has 4 aliphatic carbocycles. The van der Waals surface area contributed by atoms with Gasteiger partial charge in [0.1, 0.15) is 25.4 Å². The van der Waals surface area contributed by atoms with Crippen molar-refractivity contribution in [3.05, 3.63) is 11.6 Å². The summed E-state index contributed by atoms with van der Waals surface area (Å²) in [5.41, 5.74) is 1.38. The fourth-order valence-electron chi connectivity index (χ4n) is 9.21. The van der Waals surface area contributed by atoms with E-state index >= 15 is 0 Å². The van der Waals surface area contributed by atoms with Crippen molar-refractivity contribution >= 4 is 12.3 Å². The predicted molar refractivity (Wildman–Crippen MR) is 205 cm³/mol. The summed E-state index contributed by atoms with van der Waals surface area (Å²) in [6.45, 7) is 11.3. The zero-order chi connectivity index (χ0) is 40.6. The number of aliphatic hydroxyl groups excluding tert-OH is 2. The minimum Gasteiger partial charge on any atom is -0.432 e. The lowest BCUT2D eigenvalue weighted by Crippen LogP contribution is -2.51. The maximum atomic E-state index is 12.7. The van der Waals surface area contributed by atoms with Crippen molar-refractivity contribution < 1.29 is 76.6 Å². The summed E-state index contributed by atoms with van der Waals surface area (Å²) in [5, 5.41) is 17.3. The van der Waals surface area contributed by atoms with E-state index in [1.54, 1.807) is 0 Å². The van der Waals surface area contributed by atoms with Crippen LogP contribution in [0.25, 0.3) is 0 Å². The number of rotatable bonds is 30. The van der Waals surface area contributed by atoms with Gasteiger partial charge in [0.15, 0.2) is 0 Å². The van der Waals surface area contributed by atoms with E-state index in [0.717, 1.165) is 51.4 Å². The Morgan fingerprint density at radius 2 is 1.02 bits per heavy atom. The maximum absolute atomic E-state index is 12.7. The third-order valence-corrected chi connectivity index (χ3v) is 12.1. The maximum Gasteiger partial charge on any atom is 0.508 e. The number of hydrogen-bond donors (Lipinski definition) is 2. The molecule has 7 atom stereocenters. The monoisotopic (exact) mass is 818 g/mol. The highest BCUT2D eigenvalue weighted by Gasteiger charge is 2.60. The minimum atomic E-state index is -0.657. The van der Waals surface area contributed by atoms with Crippen LogP contribution < -0.4 is 0 Å². The van der Waals surface area contributed by atoms with Crippen LogP contribution in [0.5, 0.6) is 0 Å². The first-order valence-electron chi connectivity index (χ1n) is 21.0. The fourth-order valence-corrected chi connectivity index (χ4v) is 9.21. The van der Waals surface area contributed by atoms with Crippen LogP contribution in [0.4, 0.5) is 9.59 Å².